The van der Waals surface area contributed by atoms with Crippen LogP contribution in [0, 0.1) is 0 Å². The van der Waals surface area contributed by atoms with Crippen LogP contribution in [0.3, 0.4) is 0 Å². The summed E-state index contributed by atoms with van der Waals surface area (Å²) < 4.78 is 10.5. The summed E-state index contributed by atoms with van der Waals surface area (Å²) in [5.41, 5.74) is 1.98. The van der Waals surface area contributed by atoms with E-state index in [4.69, 9.17) is 9.47 Å². The maximum absolute atomic E-state index is 12.3. The minimum absolute atomic E-state index is 0. The van der Waals surface area contributed by atoms with Gasteiger partial charge in [0.1, 0.15) is 5.69 Å². The number of halogens is 1. The number of H-pyrrole nitrogens is 1. The van der Waals surface area contributed by atoms with Crippen molar-refractivity contribution < 1.29 is 14.3 Å². The smallest absolute Gasteiger partial charge is 0.269 e. The van der Waals surface area contributed by atoms with Gasteiger partial charge in [-0.1, -0.05) is 0 Å². The van der Waals surface area contributed by atoms with Crippen molar-refractivity contribution in [1.82, 2.24) is 20.8 Å². The Labute approximate surface area is 152 Å². The van der Waals surface area contributed by atoms with Crippen molar-refractivity contribution in [2.75, 3.05) is 27.3 Å². The maximum atomic E-state index is 12.3. The molecule has 7 nitrogen and oxygen atoms in total. The standard InChI is InChI=1S/C17H22N4O3.ClH/c1-23-15-6-5-11(8-16(15)24-2)13-9-14(21-20-13)17(22)19-12-4-3-7-18-10-12;/h5-6,8-9,12,18H,3-4,7,10H2,1-2H3,(H,19,22)(H,20,21);1H/t12-;/m0./s1. The van der Waals surface area contributed by atoms with Crippen LogP contribution in [0.4, 0.5) is 0 Å². The molecule has 1 aliphatic rings. The van der Waals surface area contributed by atoms with Gasteiger partial charge in [-0.15, -0.1) is 12.4 Å². The molecule has 1 aromatic heterocycles. The Balaban J connectivity index is 0.00000225. The highest BCUT2D eigenvalue weighted by Gasteiger charge is 2.18. The zero-order valence-corrected chi connectivity index (χ0v) is 15.1. The fraction of sp³-hybridized carbons (Fsp3) is 0.412. The molecular weight excluding hydrogens is 344 g/mol. The van der Waals surface area contributed by atoms with Crippen LogP contribution in [0.2, 0.25) is 0 Å². The molecule has 3 N–H and O–H groups in total. The van der Waals surface area contributed by atoms with Crippen molar-refractivity contribution in [1.29, 1.82) is 0 Å². The van der Waals surface area contributed by atoms with Crippen LogP contribution < -0.4 is 20.1 Å². The third-order valence-electron chi connectivity index (χ3n) is 4.13. The monoisotopic (exact) mass is 366 g/mol. The molecule has 1 amide bonds. The van der Waals surface area contributed by atoms with Crippen molar-refractivity contribution in [2.24, 2.45) is 0 Å². The average molecular weight is 367 g/mol. The molecule has 0 aliphatic carbocycles. The summed E-state index contributed by atoms with van der Waals surface area (Å²) in [5, 5.41) is 13.3. The van der Waals surface area contributed by atoms with Gasteiger partial charge < -0.3 is 20.1 Å². The van der Waals surface area contributed by atoms with Crippen molar-refractivity contribution in [2.45, 2.75) is 18.9 Å². The fourth-order valence-electron chi connectivity index (χ4n) is 2.82. The number of benzene rings is 1. The van der Waals surface area contributed by atoms with Crippen LogP contribution in [0.5, 0.6) is 11.5 Å². The molecule has 0 saturated carbocycles. The molecule has 1 atom stereocenters. The molecule has 25 heavy (non-hydrogen) atoms. The number of hydrogen-bond acceptors (Lipinski definition) is 5. The van der Waals surface area contributed by atoms with E-state index in [1.54, 1.807) is 20.3 Å². The third-order valence-corrected chi connectivity index (χ3v) is 4.13. The SMILES string of the molecule is COc1ccc(-c2cc(C(=O)N[C@H]3CCCNC3)[nH]n2)cc1OC.Cl. The van der Waals surface area contributed by atoms with Gasteiger partial charge in [-0.3, -0.25) is 9.89 Å². The van der Waals surface area contributed by atoms with Gasteiger partial charge in [0.15, 0.2) is 11.5 Å². The summed E-state index contributed by atoms with van der Waals surface area (Å²) in [7, 11) is 3.18. The number of hydrogen-bond donors (Lipinski definition) is 3. The van der Waals surface area contributed by atoms with Gasteiger partial charge in [0, 0.05) is 18.2 Å². The van der Waals surface area contributed by atoms with Gasteiger partial charge in [0.25, 0.3) is 5.91 Å². The van der Waals surface area contributed by atoms with Crippen LogP contribution in [0.15, 0.2) is 24.3 Å². The van der Waals surface area contributed by atoms with E-state index in [2.05, 4.69) is 20.8 Å². The third kappa shape index (κ3) is 4.43. The first-order valence-electron chi connectivity index (χ1n) is 8.00. The van der Waals surface area contributed by atoms with E-state index >= 15 is 0 Å². The quantitative estimate of drug-likeness (QED) is 0.753. The maximum Gasteiger partial charge on any atom is 0.269 e. The number of ether oxygens (including phenoxy) is 2. The van der Waals surface area contributed by atoms with Crippen LogP contribution in [-0.4, -0.2) is 49.5 Å². The predicted octanol–water partition coefficient (Wildman–Crippen LogP) is 2.00. The normalized spacial score (nSPS) is 16.6. The van der Waals surface area contributed by atoms with E-state index in [0.29, 0.717) is 22.9 Å². The molecule has 0 radical (unpaired) electrons. The number of carbonyl (C=O) groups is 1. The molecule has 136 valence electrons. The lowest BCUT2D eigenvalue weighted by atomic mass is 10.1. The number of carbonyl (C=O) groups excluding carboxylic acids is 1. The molecular formula is C17H23ClN4O3. The van der Waals surface area contributed by atoms with E-state index in [0.717, 1.165) is 31.5 Å². The minimum Gasteiger partial charge on any atom is -0.493 e. The van der Waals surface area contributed by atoms with Crippen molar-refractivity contribution in [3.8, 4) is 22.8 Å². The summed E-state index contributed by atoms with van der Waals surface area (Å²) in [4.78, 5) is 12.3. The van der Waals surface area contributed by atoms with Gasteiger partial charge in [-0.25, -0.2) is 0 Å². The summed E-state index contributed by atoms with van der Waals surface area (Å²) in [6.07, 6.45) is 2.07. The number of aromatic nitrogens is 2. The zero-order valence-electron chi connectivity index (χ0n) is 14.3. The van der Waals surface area contributed by atoms with Gasteiger partial charge >= 0.3 is 0 Å². The fourth-order valence-corrected chi connectivity index (χ4v) is 2.82. The number of amides is 1. The topological polar surface area (TPSA) is 88.3 Å². The first-order chi connectivity index (χ1) is 11.7. The largest absolute Gasteiger partial charge is 0.493 e. The first kappa shape index (κ1) is 19.1. The van der Waals surface area contributed by atoms with Crippen LogP contribution in [0.25, 0.3) is 11.3 Å². The second kappa shape index (κ2) is 8.73. The van der Waals surface area contributed by atoms with Crippen molar-refractivity contribution in [3.63, 3.8) is 0 Å². The highest BCUT2D eigenvalue weighted by atomic mass is 35.5. The Hall–Kier alpha value is -2.25. The van der Waals surface area contributed by atoms with Crippen molar-refractivity contribution >= 4 is 18.3 Å². The molecule has 1 aromatic carbocycles. The molecule has 1 saturated heterocycles. The Morgan fingerprint density at radius 3 is 2.72 bits per heavy atom. The first-order valence-corrected chi connectivity index (χ1v) is 8.00. The average Bonchev–Trinajstić information content (AvgIpc) is 3.12. The summed E-state index contributed by atoms with van der Waals surface area (Å²) in [5.74, 6) is 1.14. The molecule has 0 bridgehead atoms. The van der Waals surface area contributed by atoms with Crippen LogP contribution in [0.1, 0.15) is 23.3 Å². The van der Waals surface area contributed by atoms with E-state index in [1.807, 2.05) is 18.2 Å². The summed E-state index contributed by atoms with van der Waals surface area (Å²) in [6, 6.07) is 7.44. The Morgan fingerprint density at radius 2 is 2.04 bits per heavy atom. The molecule has 2 heterocycles. The number of rotatable bonds is 5. The summed E-state index contributed by atoms with van der Waals surface area (Å²) in [6.45, 7) is 1.82. The molecule has 1 aliphatic heterocycles. The second-order valence-corrected chi connectivity index (χ2v) is 5.75. The highest BCUT2D eigenvalue weighted by Crippen LogP contribution is 2.31. The number of aromatic amines is 1. The summed E-state index contributed by atoms with van der Waals surface area (Å²) >= 11 is 0. The molecule has 1 fully saturated rings. The molecule has 0 unspecified atom stereocenters. The molecule has 2 aromatic rings. The van der Waals surface area contributed by atoms with E-state index in [-0.39, 0.29) is 24.4 Å². The number of nitrogens with zero attached hydrogens (tertiary/aromatic N) is 1. The van der Waals surface area contributed by atoms with Crippen molar-refractivity contribution in [3.05, 3.63) is 30.0 Å². The predicted molar refractivity (Wildman–Crippen MR) is 97.7 cm³/mol. The zero-order chi connectivity index (χ0) is 16.9. The molecule has 0 spiro atoms. The Kier molecular flexibility index (Phi) is 6.66. The van der Waals surface area contributed by atoms with E-state index < -0.39 is 0 Å². The van der Waals surface area contributed by atoms with Crippen LogP contribution in [-0.2, 0) is 0 Å². The number of piperidine rings is 1. The number of nitrogens with one attached hydrogen (secondary N) is 3. The van der Waals surface area contributed by atoms with Gasteiger partial charge in [0.2, 0.25) is 0 Å². The Morgan fingerprint density at radius 1 is 1.24 bits per heavy atom. The number of methoxy groups -OCH3 is 2. The molecule has 8 heteroatoms. The van der Waals surface area contributed by atoms with Crippen LogP contribution >= 0.6 is 12.4 Å². The Bertz CT molecular complexity index is 714. The molecule has 3 rings (SSSR count). The van der Waals surface area contributed by atoms with E-state index in [1.165, 1.54) is 0 Å². The lowest BCUT2D eigenvalue weighted by molar-refractivity contribution is 0.0925. The highest BCUT2D eigenvalue weighted by molar-refractivity contribution is 5.93. The lowest BCUT2D eigenvalue weighted by Gasteiger charge is -2.23. The minimum atomic E-state index is -0.136. The van der Waals surface area contributed by atoms with Gasteiger partial charge in [-0.05, 0) is 43.7 Å². The van der Waals surface area contributed by atoms with E-state index in [9.17, 15) is 4.79 Å². The van der Waals surface area contributed by atoms with Gasteiger partial charge in [-0.2, -0.15) is 5.10 Å². The van der Waals surface area contributed by atoms with Gasteiger partial charge in [0.05, 0.1) is 19.9 Å². The lowest BCUT2D eigenvalue weighted by Crippen LogP contribution is -2.45. The second-order valence-electron chi connectivity index (χ2n) is 5.75.